The molecule has 0 radical (unpaired) electrons. The Morgan fingerprint density at radius 1 is 1.25 bits per heavy atom. The van der Waals surface area contributed by atoms with Gasteiger partial charge in [0.15, 0.2) is 0 Å². The maximum Gasteiger partial charge on any atom is 0.317 e. The van der Waals surface area contributed by atoms with E-state index in [0.29, 0.717) is 25.9 Å². The van der Waals surface area contributed by atoms with Gasteiger partial charge in [-0.1, -0.05) is 30.3 Å². The number of sulfonamides is 1. The molecule has 2 rings (SSSR count). The second-order valence-electron chi connectivity index (χ2n) is 6.34. The molecule has 1 atom stereocenters. The van der Waals surface area contributed by atoms with Gasteiger partial charge in [0, 0.05) is 19.1 Å². The molecule has 1 heterocycles. The van der Waals surface area contributed by atoms with Crippen LogP contribution in [0.3, 0.4) is 0 Å². The van der Waals surface area contributed by atoms with Crippen LogP contribution in [0.5, 0.6) is 0 Å². The van der Waals surface area contributed by atoms with Crippen molar-refractivity contribution in [3.63, 3.8) is 0 Å². The fourth-order valence-corrected chi connectivity index (χ4v) is 4.68. The number of likely N-dealkylation sites (N-methyl/N-ethyl adjacent to an activating group) is 1. The minimum atomic E-state index is -3.28. The molecule has 1 saturated heterocycles. The number of aliphatic carboxylic acids is 1. The number of carboxylic acids is 1. The van der Waals surface area contributed by atoms with Crippen LogP contribution in [-0.4, -0.2) is 67.2 Å². The van der Waals surface area contributed by atoms with Gasteiger partial charge < -0.3 is 5.11 Å². The van der Waals surface area contributed by atoms with E-state index in [-0.39, 0.29) is 18.3 Å². The van der Waals surface area contributed by atoms with Gasteiger partial charge in [0.1, 0.15) is 0 Å². The average Bonchev–Trinajstić information content (AvgIpc) is 2.80. The molecule has 1 N–H and O–H groups in total. The number of rotatable bonds is 7. The zero-order chi connectivity index (χ0) is 17.6. The third-order valence-electron chi connectivity index (χ3n) is 4.55. The lowest BCUT2D eigenvalue weighted by Crippen LogP contribution is -2.38. The second-order valence-corrected chi connectivity index (χ2v) is 8.43. The molecule has 0 saturated carbocycles. The van der Waals surface area contributed by atoms with Crippen molar-refractivity contribution in [2.24, 2.45) is 0 Å². The van der Waals surface area contributed by atoms with E-state index in [2.05, 4.69) is 0 Å². The highest BCUT2D eigenvalue weighted by Crippen LogP contribution is 2.18. The quantitative estimate of drug-likeness (QED) is 0.801. The second kappa shape index (κ2) is 8.60. The van der Waals surface area contributed by atoms with Crippen molar-refractivity contribution >= 4 is 16.0 Å². The van der Waals surface area contributed by atoms with E-state index < -0.39 is 16.0 Å². The monoisotopic (exact) mass is 354 g/mol. The van der Waals surface area contributed by atoms with Crippen molar-refractivity contribution in [1.29, 1.82) is 0 Å². The Morgan fingerprint density at radius 3 is 2.62 bits per heavy atom. The van der Waals surface area contributed by atoms with Crippen molar-refractivity contribution in [3.8, 4) is 0 Å². The Kier molecular flexibility index (Phi) is 6.77. The van der Waals surface area contributed by atoms with E-state index in [1.165, 1.54) is 0 Å². The first-order valence-electron chi connectivity index (χ1n) is 8.32. The number of hydrogen-bond donors (Lipinski definition) is 1. The van der Waals surface area contributed by atoms with Crippen LogP contribution in [0.1, 0.15) is 24.8 Å². The summed E-state index contributed by atoms with van der Waals surface area (Å²) in [6.07, 6.45) is 2.78. The molecule has 1 aliphatic rings. The summed E-state index contributed by atoms with van der Waals surface area (Å²) >= 11 is 0. The van der Waals surface area contributed by atoms with Crippen LogP contribution in [0.15, 0.2) is 30.3 Å². The lowest BCUT2D eigenvalue weighted by molar-refractivity contribution is -0.138. The zero-order valence-electron chi connectivity index (χ0n) is 14.1. The summed E-state index contributed by atoms with van der Waals surface area (Å²) in [5.74, 6) is -0.735. The van der Waals surface area contributed by atoms with Gasteiger partial charge in [-0.3, -0.25) is 9.69 Å². The first kappa shape index (κ1) is 18.9. The van der Waals surface area contributed by atoms with E-state index in [9.17, 15) is 13.2 Å². The largest absolute Gasteiger partial charge is 0.480 e. The first-order valence-corrected chi connectivity index (χ1v) is 9.93. The van der Waals surface area contributed by atoms with Gasteiger partial charge in [-0.25, -0.2) is 12.7 Å². The van der Waals surface area contributed by atoms with Crippen LogP contribution in [0.25, 0.3) is 0 Å². The topological polar surface area (TPSA) is 77.9 Å². The summed E-state index contributed by atoms with van der Waals surface area (Å²) in [6, 6.07) is 9.74. The molecular formula is C17H26N2O4S. The van der Waals surface area contributed by atoms with Crippen molar-refractivity contribution in [1.82, 2.24) is 9.21 Å². The molecule has 6 nitrogen and oxygen atoms in total. The summed E-state index contributed by atoms with van der Waals surface area (Å²) in [5, 5.41) is 8.90. The lowest BCUT2D eigenvalue weighted by atomic mass is 10.1. The summed E-state index contributed by atoms with van der Waals surface area (Å²) in [4.78, 5) is 12.6. The predicted molar refractivity (Wildman–Crippen MR) is 93.4 cm³/mol. The van der Waals surface area contributed by atoms with Crippen LogP contribution in [0, 0.1) is 0 Å². The van der Waals surface area contributed by atoms with E-state index in [1.54, 1.807) is 11.4 Å². The van der Waals surface area contributed by atoms with E-state index in [1.807, 2.05) is 35.2 Å². The summed E-state index contributed by atoms with van der Waals surface area (Å²) in [7, 11) is -1.49. The Morgan fingerprint density at radius 2 is 1.96 bits per heavy atom. The first-order chi connectivity index (χ1) is 11.4. The van der Waals surface area contributed by atoms with Crippen LogP contribution in [-0.2, 0) is 21.2 Å². The van der Waals surface area contributed by atoms with Crippen molar-refractivity contribution in [2.75, 3.05) is 32.4 Å². The molecule has 0 bridgehead atoms. The van der Waals surface area contributed by atoms with Crippen molar-refractivity contribution in [3.05, 3.63) is 35.9 Å². The molecular weight excluding hydrogens is 328 g/mol. The number of carbonyl (C=O) groups is 1. The van der Waals surface area contributed by atoms with Crippen molar-refractivity contribution < 1.29 is 18.3 Å². The standard InChI is InChI=1S/C17H26N2O4S/c1-18(14-17(20)21)16-8-5-11-19(12-9-16)24(22,23)13-10-15-6-3-2-4-7-15/h2-4,6-7,16H,5,8-14H2,1H3,(H,20,21). The van der Waals surface area contributed by atoms with Gasteiger partial charge >= 0.3 is 5.97 Å². The molecule has 0 spiro atoms. The van der Waals surface area contributed by atoms with Gasteiger partial charge in [0.05, 0.1) is 12.3 Å². The molecule has 0 aliphatic carbocycles. The van der Waals surface area contributed by atoms with Gasteiger partial charge in [-0.05, 0) is 38.3 Å². The Labute approximate surface area is 144 Å². The average molecular weight is 354 g/mol. The number of aryl methyl sites for hydroxylation is 1. The third-order valence-corrected chi connectivity index (χ3v) is 6.42. The van der Waals surface area contributed by atoms with Crippen molar-refractivity contribution in [2.45, 2.75) is 31.7 Å². The molecule has 1 fully saturated rings. The molecule has 134 valence electrons. The molecule has 1 unspecified atom stereocenters. The smallest absolute Gasteiger partial charge is 0.317 e. The van der Waals surface area contributed by atoms with Gasteiger partial charge in [0.25, 0.3) is 0 Å². The van der Waals surface area contributed by atoms with Crippen LogP contribution in [0.4, 0.5) is 0 Å². The maximum absolute atomic E-state index is 12.6. The Bertz CT molecular complexity index is 633. The van der Waals surface area contributed by atoms with Gasteiger partial charge in [-0.15, -0.1) is 0 Å². The number of carboxylic acid groups (broad SMARTS) is 1. The minimum absolute atomic E-state index is 0.00851. The highest BCUT2D eigenvalue weighted by Gasteiger charge is 2.27. The van der Waals surface area contributed by atoms with Crippen LogP contribution < -0.4 is 0 Å². The predicted octanol–water partition coefficient (Wildman–Crippen LogP) is 1.43. The summed E-state index contributed by atoms with van der Waals surface area (Å²) < 4.78 is 26.7. The molecule has 1 aliphatic heterocycles. The molecule has 7 heteroatoms. The number of benzene rings is 1. The summed E-state index contributed by atoms with van der Waals surface area (Å²) in [5.41, 5.74) is 1.02. The minimum Gasteiger partial charge on any atom is -0.480 e. The highest BCUT2D eigenvalue weighted by atomic mass is 32.2. The maximum atomic E-state index is 12.6. The fourth-order valence-electron chi connectivity index (χ4n) is 3.13. The Balaban J connectivity index is 1.90. The normalized spacial score (nSPS) is 20.0. The molecule has 1 aromatic rings. The lowest BCUT2D eigenvalue weighted by Gasteiger charge is -2.25. The zero-order valence-corrected chi connectivity index (χ0v) is 14.9. The third kappa shape index (κ3) is 5.58. The van der Waals surface area contributed by atoms with Crippen LogP contribution >= 0.6 is 0 Å². The van der Waals surface area contributed by atoms with Gasteiger partial charge in [0.2, 0.25) is 10.0 Å². The highest BCUT2D eigenvalue weighted by molar-refractivity contribution is 7.89. The van der Waals surface area contributed by atoms with E-state index in [4.69, 9.17) is 5.11 Å². The number of nitrogens with zero attached hydrogens (tertiary/aromatic N) is 2. The molecule has 1 aromatic carbocycles. The molecule has 0 aromatic heterocycles. The SMILES string of the molecule is CN(CC(=O)O)C1CCCN(S(=O)(=O)CCc2ccccc2)CC1. The molecule has 24 heavy (non-hydrogen) atoms. The van der Waals surface area contributed by atoms with E-state index in [0.717, 1.165) is 18.4 Å². The number of hydrogen-bond acceptors (Lipinski definition) is 4. The van der Waals surface area contributed by atoms with Gasteiger partial charge in [-0.2, -0.15) is 0 Å². The van der Waals surface area contributed by atoms with Crippen LogP contribution in [0.2, 0.25) is 0 Å². The molecule has 0 amide bonds. The Hall–Kier alpha value is -1.44. The summed E-state index contributed by atoms with van der Waals surface area (Å²) in [6.45, 7) is 0.978. The van der Waals surface area contributed by atoms with E-state index >= 15 is 0 Å². The fraction of sp³-hybridized carbons (Fsp3) is 0.588.